The topological polar surface area (TPSA) is 42.0 Å². The molecule has 0 saturated carbocycles. The zero-order chi connectivity index (χ0) is 13.0. The second-order valence-electron chi connectivity index (χ2n) is 3.87. The Kier molecular flexibility index (Phi) is 3.99. The van der Waals surface area contributed by atoms with Gasteiger partial charge < -0.3 is 5.32 Å². The number of hydrogen-bond donors (Lipinski definition) is 1. The molecule has 0 aliphatic heterocycles. The molecule has 0 unspecified atom stereocenters. The summed E-state index contributed by atoms with van der Waals surface area (Å²) in [4.78, 5) is 17.2. The third-order valence-corrected chi connectivity index (χ3v) is 3.35. The normalized spacial score (nSPS) is 10.1. The smallest absolute Gasteiger partial charge is 0.255 e. The van der Waals surface area contributed by atoms with Gasteiger partial charge >= 0.3 is 0 Å². The molecule has 92 valence electrons. The molecule has 0 fully saturated rings. The van der Waals surface area contributed by atoms with Crippen molar-refractivity contribution in [3.8, 4) is 0 Å². The van der Waals surface area contributed by atoms with E-state index in [0.29, 0.717) is 5.56 Å². The van der Waals surface area contributed by atoms with E-state index in [9.17, 15) is 4.79 Å². The van der Waals surface area contributed by atoms with Crippen LogP contribution < -0.4 is 5.32 Å². The maximum Gasteiger partial charge on any atom is 0.255 e. The quantitative estimate of drug-likeness (QED) is 0.858. The fraction of sp³-hybridized carbons (Fsp3) is 0.143. The third kappa shape index (κ3) is 2.90. The minimum atomic E-state index is -0.0883. The van der Waals surface area contributed by atoms with Gasteiger partial charge in [-0.25, -0.2) is 0 Å². The fourth-order valence-electron chi connectivity index (χ4n) is 1.61. The molecule has 0 aliphatic rings. The molecule has 2 aromatic rings. The Morgan fingerprint density at radius 3 is 2.61 bits per heavy atom. The van der Waals surface area contributed by atoms with E-state index in [1.54, 1.807) is 36.3 Å². The van der Waals surface area contributed by atoms with Crippen molar-refractivity contribution in [3.63, 3.8) is 0 Å². The van der Waals surface area contributed by atoms with Crippen LogP contribution in [-0.2, 0) is 0 Å². The van der Waals surface area contributed by atoms with Crippen LogP contribution in [0, 0.1) is 6.92 Å². The van der Waals surface area contributed by atoms with Gasteiger partial charge in [-0.1, -0.05) is 6.07 Å². The Balaban J connectivity index is 2.23. The number of anilines is 1. The molecule has 0 aliphatic carbocycles. The highest BCUT2D eigenvalue weighted by Gasteiger charge is 2.09. The first-order valence-electron chi connectivity index (χ1n) is 5.56. The molecular formula is C14H14N2OS. The first-order chi connectivity index (χ1) is 8.70. The van der Waals surface area contributed by atoms with Gasteiger partial charge in [-0.2, -0.15) is 0 Å². The number of pyridine rings is 1. The lowest BCUT2D eigenvalue weighted by Gasteiger charge is -2.08. The van der Waals surface area contributed by atoms with Gasteiger partial charge in [0.05, 0.1) is 0 Å². The van der Waals surface area contributed by atoms with E-state index in [-0.39, 0.29) is 5.91 Å². The predicted molar refractivity (Wildman–Crippen MR) is 75.2 cm³/mol. The first kappa shape index (κ1) is 12.6. The van der Waals surface area contributed by atoms with E-state index in [1.165, 1.54) is 0 Å². The lowest BCUT2D eigenvalue weighted by Crippen LogP contribution is -2.13. The van der Waals surface area contributed by atoms with Gasteiger partial charge in [0.2, 0.25) is 0 Å². The van der Waals surface area contributed by atoms with E-state index in [4.69, 9.17) is 0 Å². The van der Waals surface area contributed by atoms with Crippen molar-refractivity contribution < 1.29 is 4.79 Å². The minimum Gasteiger partial charge on any atom is -0.322 e. The average molecular weight is 258 g/mol. The van der Waals surface area contributed by atoms with Crippen molar-refractivity contribution in [2.24, 2.45) is 0 Å². The summed E-state index contributed by atoms with van der Waals surface area (Å²) in [5.74, 6) is -0.0883. The second-order valence-corrected chi connectivity index (χ2v) is 4.75. The molecule has 1 aromatic heterocycles. The zero-order valence-electron chi connectivity index (χ0n) is 10.3. The van der Waals surface area contributed by atoms with E-state index in [2.05, 4.69) is 10.3 Å². The van der Waals surface area contributed by atoms with Gasteiger partial charge in [-0.05, 0) is 43.0 Å². The summed E-state index contributed by atoms with van der Waals surface area (Å²) in [6, 6.07) is 9.43. The molecule has 18 heavy (non-hydrogen) atoms. The number of aryl methyl sites for hydroxylation is 1. The number of nitrogens with zero attached hydrogens (tertiary/aromatic N) is 1. The van der Waals surface area contributed by atoms with Gasteiger partial charge in [-0.3, -0.25) is 9.78 Å². The lowest BCUT2D eigenvalue weighted by molar-refractivity contribution is 0.102. The molecule has 1 amide bonds. The number of rotatable bonds is 3. The number of nitrogens with one attached hydrogen (secondary N) is 1. The summed E-state index contributed by atoms with van der Waals surface area (Å²) < 4.78 is 0. The van der Waals surface area contributed by atoms with Crippen molar-refractivity contribution >= 4 is 23.4 Å². The predicted octanol–water partition coefficient (Wildman–Crippen LogP) is 3.36. The number of thioether (sulfide) groups is 1. The Bertz CT molecular complexity index is 555. The number of carbonyl (C=O) groups is 1. The standard InChI is InChI=1S/C14H14N2OS/c1-10-3-4-12(18-2)9-13(10)14(17)16-11-5-7-15-8-6-11/h3-9H,1-2H3,(H,15,16,17). The monoisotopic (exact) mass is 258 g/mol. The molecule has 3 nitrogen and oxygen atoms in total. The molecular weight excluding hydrogens is 244 g/mol. The van der Waals surface area contributed by atoms with Crippen LogP contribution in [0.15, 0.2) is 47.6 Å². The maximum absolute atomic E-state index is 12.2. The van der Waals surface area contributed by atoms with Crippen LogP contribution in [0.3, 0.4) is 0 Å². The number of hydrogen-bond acceptors (Lipinski definition) is 3. The summed E-state index contributed by atoms with van der Waals surface area (Å²) in [7, 11) is 0. The Hall–Kier alpha value is -1.81. The maximum atomic E-state index is 12.2. The lowest BCUT2D eigenvalue weighted by atomic mass is 10.1. The summed E-state index contributed by atoms with van der Waals surface area (Å²) in [6.45, 7) is 1.94. The average Bonchev–Trinajstić information content (AvgIpc) is 2.40. The molecule has 1 aromatic carbocycles. The van der Waals surface area contributed by atoms with E-state index in [0.717, 1.165) is 16.1 Å². The molecule has 0 spiro atoms. The van der Waals surface area contributed by atoms with Crippen LogP contribution in [0.1, 0.15) is 15.9 Å². The largest absolute Gasteiger partial charge is 0.322 e. The van der Waals surface area contributed by atoms with Crippen molar-refractivity contribution in [2.75, 3.05) is 11.6 Å². The Morgan fingerprint density at radius 1 is 1.22 bits per heavy atom. The Morgan fingerprint density at radius 2 is 1.94 bits per heavy atom. The highest BCUT2D eigenvalue weighted by Crippen LogP contribution is 2.20. The van der Waals surface area contributed by atoms with Crippen LogP contribution in [0.2, 0.25) is 0 Å². The van der Waals surface area contributed by atoms with Crippen molar-refractivity contribution in [3.05, 3.63) is 53.9 Å². The van der Waals surface area contributed by atoms with Crippen molar-refractivity contribution in [2.45, 2.75) is 11.8 Å². The van der Waals surface area contributed by atoms with Gasteiger partial charge in [0.1, 0.15) is 0 Å². The zero-order valence-corrected chi connectivity index (χ0v) is 11.1. The van der Waals surface area contributed by atoms with Gasteiger partial charge in [0.15, 0.2) is 0 Å². The summed E-state index contributed by atoms with van der Waals surface area (Å²) >= 11 is 1.63. The Labute approximate surface area is 111 Å². The van der Waals surface area contributed by atoms with E-state index in [1.807, 2.05) is 31.4 Å². The van der Waals surface area contributed by atoms with Gasteiger partial charge in [0, 0.05) is 28.5 Å². The molecule has 2 rings (SSSR count). The van der Waals surface area contributed by atoms with Crippen molar-refractivity contribution in [1.29, 1.82) is 0 Å². The second kappa shape index (κ2) is 5.69. The molecule has 1 N–H and O–H groups in total. The summed E-state index contributed by atoms with van der Waals surface area (Å²) in [5, 5.41) is 2.86. The van der Waals surface area contributed by atoms with Crippen LogP contribution in [-0.4, -0.2) is 17.1 Å². The van der Waals surface area contributed by atoms with Crippen LogP contribution in [0.25, 0.3) is 0 Å². The van der Waals surface area contributed by atoms with Gasteiger partial charge in [0.25, 0.3) is 5.91 Å². The molecule has 4 heteroatoms. The molecule has 0 radical (unpaired) electrons. The number of carbonyl (C=O) groups excluding carboxylic acids is 1. The minimum absolute atomic E-state index is 0.0883. The molecule has 1 heterocycles. The fourth-order valence-corrected chi connectivity index (χ4v) is 2.05. The molecule has 0 saturated heterocycles. The van der Waals surface area contributed by atoms with E-state index >= 15 is 0 Å². The molecule has 0 atom stereocenters. The van der Waals surface area contributed by atoms with Crippen molar-refractivity contribution in [1.82, 2.24) is 4.98 Å². The summed E-state index contributed by atoms with van der Waals surface area (Å²) in [6.07, 6.45) is 5.30. The van der Waals surface area contributed by atoms with Crippen LogP contribution >= 0.6 is 11.8 Å². The van der Waals surface area contributed by atoms with Crippen LogP contribution in [0.5, 0.6) is 0 Å². The summed E-state index contributed by atoms with van der Waals surface area (Å²) in [5.41, 5.74) is 2.43. The highest BCUT2D eigenvalue weighted by atomic mass is 32.2. The number of amides is 1. The first-order valence-corrected chi connectivity index (χ1v) is 6.79. The molecule has 0 bridgehead atoms. The number of benzene rings is 1. The third-order valence-electron chi connectivity index (χ3n) is 2.63. The number of aromatic nitrogens is 1. The van der Waals surface area contributed by atoms with Crippen LogP contribution in [0.4, 0.5) is 5.69 Å². The SMILES string of the molecule is CSc1ccc(C)c(C(=O)Nc2ccncc2)c1. The highest BCUT2D eigenvalue weighted by molar-refractivity contribution is 7.98. The van der Waals surface area contributed by atoms with Gasteiger partial charge in [-0.15, -0.1) is 11.8 Å². The van der Waals surface area contributed by atoms with E-state index < -0.39 is 0 Å².